The van der Waals surface area contributed by atoms with Crippen LogP contribution in [0.25, 0.3) is 0 Å². The van der Waals surface area contributed by atoms with Gasteiger partial charge in [0.25, 0.3) is 5.91 Å². The van der Waals surface area contributed by atoms with Gasteiger partial charge in [0.15, 0.2) is 0 Å². The molecule has 2 aromatic carbocycles. The maximum atomic E-state index is 12.9. The Balaban J connectivity index is 1.89. The molecule has 1 saturated heterocycles. The van der Waals surface area contributed by atoms with Gasteiger partial charge >= 0.3 is 6.18 Å². The molecule has 0 bridgehead atoms. The molecule has 0 unspecified atom stereocenters. The van der Waals surface area contributed by atoms with Crippen molar-refractivity contribution in [2.45, 2.75) is 32.4 Å². The Morgan fingerprint density at radius 3 is 2.10 bits per heavy atom. The molecule has 3 rings (SSSR count). The molecule has 0 atom stereocenters. The van der Waals surface area contributed by atoms with E-state index in [0.29, 0.717) is 37.6 Å². The van der Waals surface area contributed by atoms with E-state index >= 15 is 0 Å². The third-order valence-corrected chi connectivity index (χ3v) is 4.93. The lowest BCUT2D eigenvalue weighted by molar-refractivity contribution is -0.137. The average Bonchev–Trinajstić information content (AvgIpc) is 2.67. The van der Waals surface area contributed by atoms with Crippen LogP contribution >= 0.6 is 0 Å². The van der Waals surface area contributed by atoms with Crippen molar-refractivity contribution >= 4 is 17.3 Å². The van der Waals surface area contributed by atoms with Crippen LogP contribution in [0, 0.1) is 0 Å². The quantitative estimate of drug-likeness (QED) is 0.772. The fourth-order valence-electron chi connectivity index (χ4n) is 3.20. The second-order valence-corrected chi connectivity index (χ2v) is 8.11. The van der Waals surface area contributed by atoms with Crippen LogP contribution in [0.3, 0.4) is 0 Å². The topological polar surface area (TPSA) is 41.6 Å². The van der Waals surface area contributed by atoms with Crippen LogP contribution in [0.1, 0.15) is 42.3 Å². The van der Waals surface area contributed by atoms with Gasteiger partial charge in [-0.1, -0.05) is 26.8 Å². The van der Waals surface area contributed by atoms with E-state index in [2.05, 4.69) is 31.0 Å². The Bertz CT molecular complexity index is 865. The van der Waals surface area contributed by atoms with Crippen LogP contribution in [0.15, 0.2) is 42.5 Å². The van der Waals surface area contributed by atoms with Crippen molar-refractivity contribution in [3.63, 3.8) is 0 Å². The first-order valence-corrected chi connectivity index (χ1v) is 9.51. The minimum absolute atomic E-state index is 0.0799. The standard InChI is InChI=1S/C22H25F3N2O2/c1-21(2,3)16-6-9-18(19(14-16)27-10-12-29-13-11-27)20(28)26-17-7-4-15(5-8-17)22(23,24)25/h4-9,14H,10-13H2,1-3H3,(H,26,28). The predicted molar refractivity (Wildman–Crippen MR) is 108 cm³/mol. The third-order valence-electron chi connectivity index (χ3n) is 4.93. The van der Waals surface area contributed by atoms with Crippen molar-refractivity contribution in [1.29, 1.82) is 0 Å². The number of anilines is 2. The number of hydrogen-bond donors (Lipinski definition) is 1. The van der Waals surface area contributed by atoms with E-state index in [9.17, 15) is 18.0 Å². The Morgan fingerprint density at radius 1 is 0.966 bits per heavy atom. The predicted octanol–water partition coefficient (Wildman–Crippen LogP) is 5.09. The molecule has 29 heavy (non-hydrogen) atoms. The summed E-state index contributed by atoms with van der Waals surface area (Å²) in [7, 11) is 0. The maximum Gasteiger partial charge on any atom is 0.416 e. The van der Waals surface area contributed by atoms with Gasteiger partial charge in [0, 0.05) is 24.5 Å². The summed E-state index contributed by atoms with van der Waals surface area (Å²) in [4.78, 5) is 15.0. The van der Waals surface area contributed by atoms with Gasteiger partial charge in [-0.3, -0.25) is 4.79 Å². The van der Waals surface area contributed by atoms with Gasteiger partial charge in [0.1, 0.15) is 0 Å². The highest BCUT2D eigenvalue weighted by Gasteiger charge is 2.30. The zero-order valence-corrected chi connectivity index (χ0v) is 16.8. The summed E-state index contributed by atoms with van der Waals surface area (Å²) in [5, 5.41) is 2.71. The van der Waals surface area contributed by atoms with Gasteiger partial charge in [0.05, 0.1) is 24.3 Å². The molecule has 7 heteroatoms. The molecular formula is C22H25F3N2O2. The minimum atomic E-state index is -4.41. The average molecular weight is 406 g/mol. The van der Waals surface area contributed by atoms with Crippen molar-refractivity contribution in [2.24, 2.45) is 0 Å². The van der Waals surface area contributed by atoms with E-state index < -0.39 is 11.7 Å². The van der Waals surface area contributed by atoms with Crippen molar-refractivity contribution in [1.82, 2.24) is 0 Å². The fourth-order valence-corrected chi connectivity index (χ4v) is 3.20. The Labute approximate surface area is 168 Å². The van der Waals surface area contributed by atoms with E-state index in [0.717, 1.165) is 23.4 Å². The van der Waals surface area contributed by atoms with Gasteiger partial charge in [-0.05, 0) is 47.4 Å². The van der Waals surface area contributed by atoms with Gasteiger partial charge in [-0.25, -0.2) is 0 Å². The number of amides is 1. The lowest BCUT2D eigenvalue weighted by Gasteiger charge is -2.32. The number of ether oxygens (including phenoxy) is 1. The fraction of sp³-hybridized carbons (Fsp3) is 0.409. The highest BCUT2D eigenvalue weighted by Crippen LogP contribution is 2.32. The molecule has 0 saturated carbocycles. The van der Waals surface area contributed by atoms with Gasteiger partial charge < -0.3 is 15.0 Å². The van der Waals surface area contributed by atoms with Crippen molar-refractivity contribution < 1.29 is 22.7 Å². The van der Waals surface area contributed by atoms with Crippen LogP contribution in [-0.2, 0) is 16.3 Å². The first-order chi connectivity index (χ1) is 13.6. The Hall–Kier alpha value is -2.54. The van der Waals surface area contributed by atoms with Gasteiger partial charge in [-0.15, -0.1) is 0 Å². The van der Waals surface area contributed by atoms with Crippen LogP contribution in [0.2, 0.25) is 0 Å². The number of carbonyl (C=O) groups excluding carboxylic acids is 1. The monoisotopic (exact) mass is 406 g/mol. The first-order valence-electron chi connectivity index (χ1n) is 9.51. The molecule has 1 fully saturated rings. The summed E-state index contributed by atoms with van der Waals surface area (Å²) in [5.74, 6) is -0.355. The molecule has 156 valence electrons. The smallest absolute Gasteiger partial charge is 0.378 e. The van der Waals surface area contributed by atoms with E-state index in [1.807, 2.05) is 12.1 Å². The highest BCUT2D eigenvalue weighted by atomic mass is 19.4. The minimum Gasteiger partial charge on any atom is -0.378 e. The summed E-state index contributed by atoms with van der Waals surface area (Å²) in [6.07, 6.45) is -4.41. The first kappa shape index (κ1) is 21.2. The largest absolute Gasteiger partial charge is 0.416 e. The molecule has 1 aliphatic rings. The number of nitrogens with one attached hydrogen (secondary N) is 1. The molecule has 2 aromatic rings. The van der Waals surface area contributed by atoms with Crippen LogP contribution < -0.4 is 10.2 Å². The molecule has 4 nitrogen and oxygen atoms in total. The third kappa shape index (κ3) is 5.09. The van der Waals surface area contributed by atoms with Gasteiger partial charge in [0.2, 0.25) is 0 Å². The Morgan fingerprint density at radius 2 is 1.55 bits per heavy atom. The lowest BCUT2D eigenvalue weighted by atomic mass is 9.86. The van der Waals surface area contributed by atoms with Crippen LogP contribution in [-0.4, -0.2) is 32.2 Å². The summed E-state index contributed by atoms with van der Waals surface area (Å²) in [5.41, 5.74) is 1.88. The van der Waals surface area contributed by atoms with Crippen LogP contribution in [0.4, 0.5) is 24.5 Å². The number of morpholine rings is 1. The highest BCUT2D eigenvalue weighted by molar-refractivity contribution is 6.08. The SMILES string of the molecule is CC(C)(C)c1ccc(C(=O)Nc2ccc(C(F)(F)F)cc2)c(N2CCOCC2)c1. The molecule has 1 amide bonds. The summed E-state index contributed by atoms with van der Waals surface area (Å²) in [6.45, 7) is 8.83. The number of benzene rings is 2. The maximum absolute atomic E-state index is 12.9. The molecule has 0 spiro atoms. The Kier molecular flexibility index (Phi) is 5.89. The number of carbonyl (C=O) groups is 1. The number of alkyl halides is 3. The summed E-state index contributed by atoms with van der Waals surface area (Å²) < 4.78 is 43.6. The molecule has 1 N–H and O–H groups in total. The molecule has 0 radical (unpaired) electrons. The van der Waals surface area contributed by atoms with Gasteiger partial charge in [-0.2, -0.15) is 13.2 Å². The number of rotatable bonds is 3. The van der Waals surface area contributed by atoms with E-state index in [-0.39, 0.29) is 11.3 Å². The molecule has 1 aliphatic heterocycles. The van der Waals surface area contributed by atoms with Crippen molar-refractivity contribution in [3.8, 4) is 0 Å². The number of halogens is 3. The van der Waals surface area contributed by atoms with E-state index in [1.165, 1.54) is 12.1 Å². The van der Waals surface area contributed by atoms with Crippen molar-refractivity contribution in [2.75, 3.05) is 36.5 Å². The second kappa shape index (κ2) is 8.06. The zero-order valence-electron chi connectivity index (χ0n) is 16.8. The molecular weight excluding hydrogens is 381 g/mol. The van der Waals surface area contributed by atoms with E-state index in [1.54, 1.807) is 6.07 Å². The second-order valence-electron chi connectivity index (χ2n) is 8.11. The van der Waals surface area contributed by atoms with Crippen molar-refractivity contribution in [3.05, 3.63) is 59.2 Å². The normalized spacial score (nSPS) is 15.3. The zero-order chi connectivity index (χ0) is 21.2. The number of hydrogen-bond acceptors (Lipinski definition) is 3. The molecule has 0 aliphatic carbocycles. The molecule has 1 heterocycles. The van der Waals surface area contributed by atoms with E-state index in [4.69, 9.17) is 4.74 Å². The van der Waals surface area contributed by atoms with Crippen LogP contribution in [0.5, 0.6) is 0 Å². The summed E-state index contributed by atoms with van der Waals surface area (Å²) >= 11 is 0. The number of nitrogens with zero attached hydrogens (tertiary/aromatic N) is 1. The summed E-state index contributed by atoms with van der Waals surface area (Å²) in [6, 6.07) is 10.2. The molecule has 0 aromatic heterocycles. The lowest BCUT2D eigenvalue weighted by Crippen LogP contribution is -2.37.